The maximum atomic E-state index is 13.9. The number of piperidine rings is 1. The van der Waals surface area contributed by atoms with Crippen LogP contribution in [-0.2, 0) is 10.0 Å². The summed E-state index contributed by atoms with van der Waals surface area (Å²) in [6, 6.07) is 3.19. The van der Waals surface area contributed by atoms with Crippen LogP contribution in [0.15, 0.2) is 23.2 Å². The average molecular weight is 568 g/mol. The Morgan fingerprint density at radius 1 is 1.13 bits per heavy atom. The molecule has 30 heavy (non-hydrogen) atoms. The zero-order valence-electron chi connectivity index (χ0n) is 15.9. The molecule has 2 fully saturated rings. The number of rotatable bonds is 4. The van der Waals surface area contributed by atoms with Crippen LogP contribution in [0, 0.1) is 11.6 Å². The minimum atomic E-state index is -5.32. The highest BCUT2D eigenvalue weighted by Crippen LogP contribution is 2.43. The fourth-order valence-electron chi connectivity index (χ4n) is 3.47. The minimum Gasteiger partial charge on any atom is -0.354 e. The Morgan fingerprint density at radius 3 is 2.20 bits per heavy atom. The number of aliphatic imine (C=N–C) groups is 1. The molecule has 6 nitrogen and oxygen atoms in total. The fourth-order valence-corrected chi connectivity index (χ4v) is 4.45. The second-order valence-electron chi connectivity index (χ2n) is 7.07. The van der Waals surface area contributed by atoms with Crippen molar-refractivity contribution in [2.75, 3.05) is 20.1 Å². The Labute approximate surface area is 188 Å². The molecule has 1 saturated heterocycles. The number of alkyl halides is 3. The number of nitrogens with one attached hydrogen (secondary N) is 2. The fraction of sp³-hybridized carbons (Fsp3) is 0.588. The Balaban J connectivity index is 0.00000320. The van der Waals surface area contributed by atoms with Crippen molar-refractivity contribution < 1.29 is 30.4 Å². The summed E-state index contributed by atoms with van der Waals surface area (Å²) < 4.78 is 89.0. The van der Waals surface area contributed by atoms with Gasteiger partial charge in [-0.1, -0.05) is 6.07 Å². The molecule has 1 saturated carbocycles. The highest BCUT2D eigenvalue weighted by atomic mass is 127. The predicted octanol–water partition coefficient (Wildman–Crippen LogP) is 2.92. The van der Waals surface area contributed by atoms with Crippen LogP contribution >= 0.6 is 24.0 Å². The summed E-state index contributed by atoms with van der Waals surface area (Å²) in [6.45, 7) is -0.522. The van der Waals surface area contributed by atoms with Gasteiger partial charge in [0.25, 0.3) is 0 Å². The normalized spacial score (nSPS) is 23.6. The smallest absolute Gasteiger partial charge is 0.354 e. The summed E-state index contributed by atoms with van der Waals surface area (Å²) in [6.07, 6.45) is 0.860. The molecule has 0 radical (unpaired) electrons. The molecule has 1 aromatic rings. The molecule has 2 N–H and O–H groups in total. The number of halogens is 6. The standard InChI is InChI=1S/C17H21F5N4O2S.HI/c1-23-16(25-14-9-11(14)15-12(18)3-2-4-13(15)19)24-10-5-7-26(8-6-10)29(27,28)17(20,21)22;/h2-4,10-11,14H,5-9H2,1H3,(H2,23,24,25);1H. The average Bonchev–Trinajstić information content (AvgIpc) is 3.39. The number of benzene rings is 1. The van der Waals surface area contributed by atoms with Gasteiger partial charge in [0.05, 0.1) is 0 Å². The van der Waals surface area contributed by atoms with Gasteiger partial charge in [-0.3, -0.25) is 4.99 Å². The van der Waals surface area contributed by atoms with E-state index >= 15 is 0 Å². The lowest BCUT2D eigenvalue weighted by molar-refractivity contribution is -0.0494. The van der Waals surface area contributed by atoms with Gasteiger partial charge in [-0.25, -0.2) is 17.2 Å². The Bertz CT molecular complexity index is 868. The van der Waals surface area contributed by atoms with Crippen LogP contribution in [0.1, 0.15) is 30.7 Å². The van der Waals surface area contributed by atoms with Gasteiger partial charge in [-0.2, -0.15) is 17.5 Å². The van der Waals surface area contributed by atoms with Crippen LogP contribution in [0.5, 0.6) is 0 Å². The van der Waals surface area contributed by atoms with Crippen molar-refractivity contribution >= 4 is 40.0 Å². The maximum Gasteiger partial charge on any atom is 0.511 e. The highest BCUT2D eigenvalue weighted by Gasteiger charge is 2.50. The summed E-state index contributed by atoms with van der Waals surface area (Å²) in [5, 5.41) is 6.09. The third-order valence-electron chi connectivity index (χ3n) is 5.13. The van der Waals surface area contributed by atoms with E-state index in [0.29, 0.717) is 16.7 Å². The molecule has 2 aliphatic rings. The summed E-state index contributed by atoms with van der Waals surface area (Å²) in [4.78, 5) is 4.04. The Kier molecular flexibility index (Phi) is 7.94. The van der Waals surface area contributed by atoms with E-state index in [1.165, 1.54) is 25.2 Å². The molecule has 170 valence electrons. The van der Waals surface area contributed by atoms with E-state index in [9.17, 15) is 30.4 Å². The highest BCUT2D eigenvalue weighted by molar-refractivity contribution is 14.0. The molecule has 1 aromatic carbocycles. The lowest BCUT2D eigenvalue weighted by Gasteiger charge is -2.32. The number of nitrogens with zero attached hydrogens (tertiary/aromatic N) is 2. The zero-order valence-corrected chi connectivity index (χ0v) is 19.1. The van der Waals surface area contributed by atoms with Crippen molar-refractivity contribution in [1.29, 1.82) is 0 Å². The number of hydrogen-bond donors (Lipinski definition) is 2. The van der Waals surface area contributed by atoms with Crippen molar-refractivity contribution in [2.24, 2.45) is 4.99 Å². The van der Waals surface area contributed by atoms with E-state index < -0.39 is 27.2 Å². The van der Waals surface area contributed by atoms with Crippen LogP contribution in [0.4, 0.5) is 22.0 Å². The molecule has 1 heterocycles. The quantitative estimate of drug-likeness (QED) is 0.254. The number of hydrogen-bond acceptors (Lipinski definition) is 3. The lowest BCUT2D eigenvalue weighted by atomic mass is 10.1. The van der Waals surface area contributed by atoms with Crippen LogP contribution in [0.3, 0.4) is 0 Å². The van der Waals surface area contributed by atoms with E-state index in [2.05, 4.69) is 15.6 Å². The lowest BCUT2D eigenvalue weighted by Crippen LogP contribution is -2.52. The van der Waals surface area contributed by atoms with Crippen LogP contribution in [0.25, 0.3) is 0 Å². The molecular formula is C17H22F5IN4O2S. The van der Waals surface area contributed by atoms with Gasteiger partial charge in [-0.05, 0) is 31.4 Å². The molecule has 13 heteroatoms. The SMILES string of the molecule is CN=C(NC1CCN(S(=O)(=O)C(F)(F)F)CC1)NC1CC1c1c(F)cccc1F.I. The van der Waals surface area contributed by atoms with E-state index in [0.717, 1.165) is 0 Å². The van der Waals surface area contributed by atoms with Crippen molar-refractivity contribution in [2.45, 2.75) is 42.8 Å². The molecule has 0 amide bonds. The molecular weight excluding hydrogens is 546 g/mol. The monoisotopic (exact) mass is 568 g/mol. The van der Waals surface area contributed by atoms with Crippen molar-refractivity contribution in [1.82, 2.24) is 14.9 Å². The molecule has 2 unspecified atom stereocenters. The second-order valence-corrected chi connectivity index (χ2v) is 9.00. The number of sulfonamides is 1. The third kappa shape index (κ3) is 5.33. The van der Waals surface area contributed by atoms with Crippen molar-refractivity contribution in [3.8, 4) is 0 Å². The maximum absolute atomic E-state index is 13.9. The first-order valence-electron chi connectivity index (χ1n) is 9.04. The molecule has 1 aliphatic carbocycles. The van der Waals surface area contributed by atoms with E-state index in [-0.39, 0.29) is 73.5 Å². The van der Waals surface area contributed by atoms with Gasteiger partial charge < -0.3 is 10.6 Å². The first-order valence-corrected chi connectivity index (χ1v) is 10.5. The summed E-state index contributed by atoms with van der Waals surface area (Å²) in [5.74, 6) is -1.21. The van der Waals surface area contributed by atoms with E-state index in [1.807, 2.05) is 0 Å². The van der Waals surface area contributed by atoms with Crippen molar-refractivity contribution in [3.63, 3.8) is 0 Å². The summed E-state index contributed by atoms with van der Waals surface area (Å²) in [7, 11) is -3.82. The topological polar surface area (TPSA) is 73.8 Å². The molecule has 0 aromatic heterocycles. The van der Waals surface area contributed by atoms with Crippen LogP contribution in [0.2, 0.25) is 0 Å². The van der Waals surface area contributed by atoms with E-state index in [1.54, 1.807) is 0 Å². The zero-order chi connectivity index (χ0) is 21.4. The van der Waals surface area contributed by atoms with Gasteiger partial charge in [0.2, 0.25) is 0 Å². The first kappa shape index (κ1) is 25.0. The van der Waals surface area contributed by atoms with Gasteiger partial charge in [0.15, 0.2) is 5.96 Å². The molecule has 2 atom stereocenters. The summed E-state index contributed by atoms with van der Waals surface area (Å²) >= 11 is 0. The molecule has 3 rings (SSSR count). The van der Waals surface area contributed by atoms with E-state index in [4.69, 9.17) is 0 Å². The van der Waals surface area contributed by atoms with Crippen LogP contribution in [-0.4, -0.2) is 56.4 Å². The molecule has 0 bridgehead atoms. The molecule has 0 spiro atoms. The summed E-state index contributed by atoms with van der Waals surface area (Å²) in [5.41, 5.74) is -5.29. The Hall–Kier alpha value is -1.22. The van der Waals surface area contributed by atoms with Gasteiger partial charge in [0, 0.05) is 43.7 Å². The van der Waals surface area contributed by atoms with Crippen molar-refractivity contribution in [3.05, 3.63) is 35.4 Å². The predicted molar refractivity (Wildman–Crippen MR) is 112 cm³/mol. The van der Waals surface area contributed by atoms with Gasteiger partial charge in [0.1, 0.15) is 11.6 Å². The first-order chi connectivity index (χ1) is 13.5. The van der Waals surface area contributed by atoms with Gasteiger partial charge >= 0.3 is 15.5 Å². The third-order valence-corrected chi connectivity index (χ3v) is 6.76. The molecule has 1 aliphatic heterocycles. The van der Waals surface area contributed by atoms with Gasteiger partial charge in [-0.15, -0.1) is 24.0 Å². The Morgan fingerprint density at radius 2 is 1.70 bits per heavy atom. The number of guanidine groups is 1. The minimum absolute atomic E-state index is 0. The largest absolute Gasteiger partial charge is 0.511 e. The van der Waals surface area contributed by atoms with Crippen LogP contribution < -0.4 is 10.6 Å². The second kappa shape index (κ2) is 9.51.